The zero-order valence-electron chi connectivity index (χ0n) is 14.1. The number of nitrogens with one attached hydrogen (secondary N) is 1. The largest absolute Gasteiger partial charge is 0.493 e. The highest BCUT2D eigenvalue weighted by Gasteiger charge is 2.23. The molecule has 7 heteroatoms. The number of thiazole rings is 1. The molecule has 0 bridgehead atoms. The molecule has 2 aliphatic rings. The summed E-state index contributed by atoms with van der Waals surface area (Å²) >= 11 is 1.79. The Morgan fingerprint density at radius 1 is 1.16 bits per heavy atom. The molecule has 0 amide bonds. The van der Waals surface area contributed by atoms with Crippen LogP contribution in [-0.4, -0.2) is 24.2 Å². The van der Waals surface area contributed by atoms with Crippen LogP contribution in [0, 0.1) is 5.92 Å². The average molecular weight is 402 g/mol. The van der Waals surface area contributed by atoms with Gasteiger partial charge in [0.05, 0.1) is 12.3 Å². The van der Waals surface area contributed by atoms with Crippen LogP contribution in [0.5, 0.6) is 5.75 Å². The van der Waals surface area contributed by atoms with Gasteiger partial charge in [0.15, 0.2) is 5.13 Å². The van der Waals surface area contributed by atoms with E-state index in [0.717, 1.165) is 41.7 Å². The number of hydrogen-bond donors (Lipinski definition) is 2. The van der Waals surface area contributed by atoms with E-state index < -0.39 is 0 Å². The molecule has 3 N–H and O–H groups in total. The Hall–Kier alpha value is -1.01. The summed E-state index contributed by atoms with van der Waals surface area (Å²) in [5.74, 6) is 1.66. The van der Waals surface area contributed by atoms with Gasteiger partial charge in [0.1, 0.15) is 5.75 Å². The van der Waals surface area contributed by atoms with E-state index >= 15 is 0 Å². The Morgan fingerprint density at radius 2 is 1.92 bits per heavy atom. The number of para-hydroxylation sites is 1. The topological polar surface area (TPSA) is 60.2 Å². The SMILES string of the molecule is Cl.Cl.NC[C@H]1CC[C@H](Nc2nc3c(s2)CCOc2ccccc2-3)CC1. The van der Waals surface area contributed by atoms with Gasteiger partial charge in [-0.3, -0.25) is 0 Å². The quantitative estimate of drug-likeness (QED) is 0.793. The van der Waals surface area contributed by atoms with Gasteiger partial charge in [-0.25, -0.2) is 4.98 Å². The molecule has 2 heterocycles. The number of rotatable bonds is 3. The molecular formula is C18H25Cl2N3OS. The van der Waals surface area contributed by atoms with Crippen LogP contribution in [0.4, 0.5) is 5.13 Å². The minimum atomic E-state index is 0. The third-order valence-electron chi connectivity index (χ3n) is 4.93. The summed E-state index contributed by atoms with van der Waals surface area (Å²) in [5, 5.41) is 4.72. The monoisotopic (exact) mass is 401 g/mol. The van der Waals surface area contributed by atoms with Crippen molar-refractivity contribution in [3.05, 3.63) is 29.1 Å². The normalized spacial score (nSPS) is 21.5. The van der Waals surface area contributed by atoms with Crippen LogP contribution >= 0.6 is 36.2 Å². The third kappa shape index (κ3) is 4.40. The average Bonchev–Trinajstić information content (AvgIpc) is 2.90. The van der Waals surface area contributed by atoms with Crippen LogP contribution in [-0.2, 0) is 6.42 Å². The van der Waals surface area contributed by atoms with Crippen LogP contribution in [0.15, 0.2) is 24.3 Å². The first kappa shape index (κ1) is 20.3. The molecule has 0 atom stereocenters. The van der Waals surface area contributed by atoms with E-state index in [1.165, 1.54) is 30.6 Å². The highest BCUT2D eigenvalue weighted by Crippen LogP contribution is 2.39. The molecule has 1 aliphatic carbocycles. The second-order valence-electron chi connectivity index (χ2n) is 6.48. The van der Waals surface area contributed by atoms with Crippen molar-refractivity contribution in [3.8, 4) is 17.0 Å². The summed E-state index contributed by atoms with van der Waals surface area (Å²) in [6.45, 7) is 1.56. The van der Waals surface area contributed by atoms with E-state index in [1.54, 1.807) is 11.3 Å². The maximum Gasteiger partial charge on any atom is 0.183 e. The lowest BCUT2D eigenvalue weighted by molar-refractivity contribution is 0.327. The molecule has 1 fully saturated rings. The van der Waals surface area contributed by atoms with Gasteiger partial charge in [-0.2, -0.15) is 0 Å². The number of benzene rings is 1. The second-order valence-corrected chi connectivity index (χ2v) is 7.57. The Labute approximate surface area is 165 Å². The van der Waals surface area contributed by atoms with E-state index in [-0.39, 0.29) is 24.8 Å². The molecular weight excluding hydrogens is 377 g/mol. The van der Waals surface area contributed by atoms with E-state index in [1.807, 2.05) is 12.1 Å². The fourth-order valence-electron chi connectivity index (χ4n) is 3.55. The molecule has 0 saturated heterocycles. The minimum absolute atomic E-state index is 0. The fraction of sp³-hybridized carbons (Fsp3) is 0.500. The van der Waals surface area contributed by atoms with Gasteiger partial charge in [0, 0.05) is 22.9 Å². The highest BCUT2D eigenvalue weighted by atomic mass is 35.5. The molecule has 0 unspecified atom stereocenters. The number of fused-ring (bicyclic) bond motifs is 3. The molecule has 0 radical (unpaired) electrons. The van der Waals surface area contributed by atoms with E-state index in [9.17, 15) is 0 Å². The molecule has 1 aromatic heterocycles. The summed E-state index contributed by atoms with van der Waals surface area (Å²) in [6.07, 6.45) is 5.80. The van der Waals surface area contributed by atoms with Crippen LogP contribution in [0.25, 0.3) is 11.3 Å². The number of nitrogens with zero attached hydrogens (tertiary/aromatic N) is 1. The van der Waals surface area contributed by atoms with Crippen molar-refractivity contribution in [2.45, 2.75) is 38.1 Å². The number of aromatic nitrogens is 1. The van der Waals surface area contributed by atoms with Crippen LogP contribution in [0.2, 0.25) is 0 Å². The molecule has 0 spiro atoms. The van der Waals surface area contributed by atoms with Gasteiger partial charge in [-0.1, -0.05) is 12.1 Å². The highest BCUT2D eigenvalue weighted by molar-refractivity contribution is 7.16. The van der Waals surface area contributed by atoms with E-state index in [4.69, 9.17) is 15.5 Å². The van der Waals surface area contributed by atoms with Crippen LogP contribution in [0.1, 0.15) is 30.6 Å². The van der Waals surface area contributed by atoms with Crippen molar-refractivity contribution in [1.82, 2.24) is 4.98 Å². The zero-order chi connectivity index (χ0) is 15.6. The van der Waals surface area contributed by atoms with Crippen molar-refractivity contribution in [2.75, 3.05) is 18.5 Å². The molecule has 2 aromatic rings. The molecule has 138 valence electrons. The van der Waals surface area contributed by atoms with Crippen molar-refractivity contribution < 1.29 is 4.74 Å². The van der Waals surface area contributed by atoms with Gasteiger partial charge >= 0.3 is 0 Å². The Kier molecular flexibility index (Phi) is 7.37. The smallest absolute Gasteiger partial charge is 0.183 e. The molecule has 4 rings (SSSR count). The Bertz CT molecular complexity index is 687. The van der Waals surface area contributed by atoms with Gasteiger partial charge in [0.2, 0.25) is 0 Å². The first-order valence-electron chi connectivity index (χ1n) is 8.52. The summed E-state index contributed by atoms with van der Waals surface area (Å²) < 4.78 is 5.84. The molecule has 4 nitrogen and oxygen atoms in total. The van der Waals surface area contributed by atoms with Crippen molar-refractivity contribution in [1.29, 1.82) is 0 Å². The predicted molar refractivity (Wildman–Crippen MR) is 110 cm³/mol. The second kappa shape index (κ2) is 9.08. The summed E-state index contributed by atoms with van der Waals surface area (Å²) in [6, 6.07) is 8.75. The number of anilines is 1. The van der Waals surface area contributed by atoms with E-state index in [2.05, 4.69) is 17.4 Å². The summed E-state index contributed by atoms with van der Waals surface area (Å²) in [5.41, 5.74) is 8.00. The number of hydrogen-bond acceptors (Lipinski definition) is 5. The number of ether oxygens (including phenoxy) is 1. The Morgan fingerprint density at radius 3 is 2.68 bits per heavy atom. The van der Waals surface area contributed by atoms with Crippen molar-refractivity contribution in [2.24, 2.45) is 11.7 Å². The standard InChI is InChI=1S/C18H23N3OS.2ClH/c19-11-12-5-7-13(8-6-12)20-18-21-17-14-3-1-2-4-15(14)22-10-9-16(17)23-18;;/h1-4,12-13H,5-11,19H2,(H,20,21);2*1H/t12-,13-;;. The van der Waals surface area contributed by atoms with Gasteiger partial charge < -0.3 is 15.8 Å². The molecule has 25 heavy (non-hydrogen) atoms. The Balaban J connectivity index is 0.00000113. The van der Waals surface area contributed by atoms with Crippen molar-refractivity contribution >= 4 is 41.3 Å². The lowest BCUT2D eigenvalue weighted by Crippen LogP contribution is -2.29. The third-order valence-corrected chi connectivity index (χ3v) is 5.98. The summed E-state index contributed by atoms with van der Waals surface area (Å²) in [7, 11) is 0. The van der Waals surface area contributed by atoms with Gasteiger partial charge in [0.25, 0.3) is 0 Å². The van der Waals surface area contributed by atoms with E-state index in [0.29, 0.717) is 12.0 Å². The first-order valence-corrected chi connectivity index (χ1v) is 9.33. The summed E-state index contributed by atoms with van der Waals surface area (Å²) in [4.78, 5) is 6.22. The predicted octanol–water partition coefficient (Wildman–Crippen LogP) is 4.52. The fourth-order valence-corrected chi connectivity index (χ4v) is 4.59. The van der Waals surface area contributed by atoms with Gasteiger partial charge in [-0.15, -0.1) is 36.2 Å². The van der Waals surface area contributed by atoms with Crippen molar-refractivity contribution in [3.63, 3.8) is 0 Å². The van der Waals surface area contributed by atoms with Gasteiger partial charge in [-0.05, 0) is 50.3 Å². The minimum Gasteiger partial charge on any atom is -0.493 e. The first-order chi connectivity index (χ1) is 11.3. The lowest BCUT2D eigenvalue weighted by atomic mass is 9.86. The number of halogens is 2. The van der Waals surface area contributed by atoms with Crippen LogP contribution in [0.3, 0.4) is 0 Å². The lowest BCUT2D eigenvalue weighted by Gasteiger charge is -2.28. The van der Waals surface area contributed by atoms with Crippen LogP contribution < -0.4 is 15.8 Å². The zero-order valence-corrected chi connectivity index (χ0v) is 16.5. The molecule has 1 saturated carbocycles. The molecule has 1 aromatic carbocycles. The number of nitrogens with two attached hydrogens (primary N) is 1. The molecule has 1 aliphatic heterocycles. The maximum atomic E-state index is 5.84. The maximum absolute atomic E-state index is 5.84.